The van der Waals surface area contributed by atoms with Crippen LogP contribution in [0.15, 0.2) is 89.3 Å². The van der Waals surface area contributed by atoms with E-state index in [4.69, 9.17) is 9.83 Å². The molecule has 0 aliphatic heterocycles. The molecule has 0 saturated carbocycles. The van der Waals surface area contributed by atoms with Gasteiger partial charge >= 0.3 is 0 Å². The summed E-state index contributed by atoms with van der Waals surface area (Å²) in [5.74, 6) is 0. The van der Waals surface area contributed by atoms with Gasteiger partial charge in [-0.15, -0.1) is 0 Å². The molecule has 0 bridgehead atoms. The zero-order valence-electron chi connectivity index (χ0n) is 17.5. The highest BCUT2D eigenvalue weighted by Gasteiger charge is 2.17. The van der Waals surface area contributed by atoms with Crippen LogP contribution in [0.3, 0.4) is 0 Å². The maximum Gasteiger partial charge on any atom is 0.136 e. The molecule has 0 amide bonds. The van der Waals surface area contributed by atoms with E-state index >= 15 is 0 Å². The second-order valence-corrected chi connectivity index (χ2v) is 8.28. The van der Waals surface area contributed by atoms with Crippen LogP contribution >= 0.6 is 0 Å². The fourth-order valence-corrected chi connectivity index (χ4v) is 4.76. The van der Waals surface area contributed by atoms with Crippen molar-refractivity contribution in [3.05, 3.63) is 96.1 Å². The number of hydrogen-bond acceptors (Lipinski definition) is 2. The lowest BCUT2D eigenvalue weighted by Gasteiger charge is -2.14. The molecule has 0 aliphatic rings. The van der Waals surface area contributed by atoms with E-state index < -0.39 is 0 Å². The molecule has 0 spiro atoms. The SMILES string of the molecule is CC(=N)c1cc2c(cc1-c1ccc3ccccc3c1C)oc1cc3ccccc3cc12. The maximum absolute atomic E-state index is 8.50. The third-order valence-corrected chi connectivity index (χ3v) is 6.37. The van der Waals surface area contributed by atoms with E-state index in [-0.39, 0.29) is 0 Å². The van der Waals surface area contributed by atoms with E-state index in [9.17, 15) is 0 Å². The van der Waals surface area contributed by atoms with Gasteiger partial charge in [-0.3, -0.25) is 0 Å². The number of rotatable bonds is 2. The van der Waals surface area contributed by atoms with Crippen LogP contribution in [-0.4, -0.2) is 5.71 Å². The number of hydrogen-bond donors (Lipinski definition) is 1. The second kappa shape index (κ2) is 6.55. The van der Waals surface area contributed by atoms with Gasteiger partial charge in [0, 0.05) is 22.0 Å². The van der Waals surface area contributed by atoms with Crippen molar-refractivity contribution in [2.24, 2.45) is 0 Å². The van der Waals surface area contributed by atoms with E-state index in [0.29, 0.717) is 5.71 Å². The van der Waals surface area contributed by atoms with E-state index in [0.717, 1.165) is 38.6 Å². The minimum Gasteiger partial charge on any atom is -0.456 e. The van der Waals surface area contributed by atoms with Gasteiger partial charge < -0.3 is 9.83 Å². The van der Waals surface area contributed by atoms with E-state index in [1.54, 1.807) is 0 Å². The van der Waals surface area contributed by atoms with Gasteiger partial charge in [-0.05, 0) is 76.3 Å². The molecule has 0 fully saturated rings. The largest absolute Gasteiger partial charge is 0.456 e. The van der Waals surface area contributed by atoms with Gasteiger partial charge in [0.2, 0.25) is 0 Å². The monoisotopic (exact) mass is 399 g/mol. The lowest BCUT2D eigenvalue weighted by atomic mass is 9.90. The number of nitrogens with one attached hydrogen (secondary N) is 1. The molecule has 0 unspecified atom stereocenters. The molecular weight excluding hydrogens is 378 g/mol. The van der Waals surface area contributed by atoms with Crippen LogP contribution in [0.25, 0.3) is 54.6 Å². The summed E-state index contributed by atoms with van der Waals surface area (Å²) in [4.78, 5) is 0. The summed E-state index contributed by atoms with van der Waals surface area (Å²) in [5, 5.41) is 15.5. The molecular formula is C29H21NO. The number of furan rings is 1. The van der Waals surface area contributed by atoms with Crippen molar-refractivity contribution in [2.45, 2.75) is 13.8 Å². The molecule has 0 saturated heterocycles. The average Bonchev–Trinajstić information content (AvgIpc) is 3.13. The predicted octanol–water partition coefficient (Wildman–Crippen LogP) is 8.26. The molecule has 2 heteroatoms. The number of fused-ring (bicyclic) bond motifs is 5. The van der Waals surface area contributed by atoms with E-state index in [2.05, 4.69) is 85.8 Å². The molecule has 6 rings (SSSR count). The van der Waals surface area contributed by atoms with Crippen LogP contribution in [0, 0.1) is 12.3 Å². The second-order valence-electron chi connectivity index (χ2n) is 8.28. The zero-order valence-corrected chi connectivity index (χ0v) is 17.5. The van der Waals surface area contributed by atoms with E-state index in [1.807, 2.05) is 13.0 Å². The van der Waals surface area contributed by atoms with Crippen LogP contribution < -0.4 is 0 Å². The third kappa shape index (κ3) is 2.69. The summed E-state index contributed by atoms with van der Waals surface area (Å²) in [6.45, 7) is 4.02. The molecule has 0 aliphatic carbocycles. The first-order valence-corrected chi connectivity index (χ1v) is 10.5. The van der Waals surface area contributed by atoms with Crippen LogP contribution in [0.1, 0.15) is 18.1 Å². The minimum atomic E-state index is 0.555. The van der Waals surface area contributed by atoms with Crippen LogP contribution in [0.4, 0.5) is 0 Å². The van der Waals surface area contributed by atoms with Crippen molar-refractivity contribution >= 4 is 49.2 Å². The highest BCUT2D eigenvalue weighted by molar-refractivity contribution is 6.15. The average molecular weight is 399 g/mol. The van der Waals surface area contributed by atoms with Crippen molar-refractivity contribution in [3.63, 3.8) is 0 Å². The van der Waals surface area contributed by atoms with Gasteiger partial charge in [0.1, 0.15) is 11.2 Å². The minimum absolute atomic E-state index is 0.555. The van der Waals surface area contributed by atoms with Crippen LogP contribution in [0.2, 0.25) is 0 Å². The first kappa shape index (κ1) is 17.9. The standard InChI is InChI=1S/C29H21NO/c1-17-22-10-6-5-7-19(22)11-12-23(17)25-16-29-27(15-24(25)18(2)30)26-13-20-8-3-4-9-21(20)14-28(26)31-29/h3-16,30H,1-2H3. The Morgan fingerprint density at radius 2 is 1.29 bits per heavy atom. The molecule has 1 aromatic heterocycles. The summed E-state index contributed by atoms with van der Waals surface area (Å²) in [7, 11) is 0. The highest BCUT2D eigenvalue weighted by Crippen LogP contribution is 2.38. The quantitative estimate of drug-likeness (QED) is 0.292. The summed E-state index contributed by atoms with van der Waals surface area (Å²) < 4.78 is 6.31. The summed E-state index contributed by atoms with van der Waals surface area (Å²) >= 11 is 0. The summed E-state index contributed by atoms with van der Waals surface area (Å²) in [6, 6.07) is 29.7. The Balaban J connectivity index is 1.69. The first-order chi connectivity index (χ1) is 15.1. The topological polar surface area (TPSA) is 37.0 Å². The molecule has 31 heavy (non-hydrogen) atoms. The van der Waals surface area contributed by atoms with Crippen molar-refractivity contribution in [2.75, 3.05) is 0 Å². The molecule has 5 aromatic carbocycles. The van der Waals surface area contributed by atoms with Gasteiger partial charge in [0.25, 0.3) is 0 Å². The molecule has 0 radical (unpaired) electrons. The van der Waals surface area contributed by atoms with Crippen LogP contribution in [-0.2, 0) is 0 Å². The van der Waals surface area contributed by atoms with Gasteiger partial charge in [-0.25, -0.2) is 0 Å². The Kier molecular flexibility index (Phi) is 3.78. The van der Waals surface area contributed by atoms with Gasteiger partial charge in [-0.1, -0.05) is 60.7 Å². The Labute approximate surface area is 180 Å². The summed E-state index contributed by atoms with van der Waals surface area (Å²) in [6.07, 6.45) is 0. The molecule has 148 valence electrons. The lowest BCUT2D eigenvalue weighted by molar-refractivity contribution is 0.669. The number of aryl methyl sites for hydroxylation is 1. The Hall–Kier alpha value is -3.91. The van der Waals surface area contributed by atoms with E-state index in [1.165, 1.54) is 27.1 Å². The van der Waals surface area contributed by atoms with Crippen molar-refractivity contribution in [3.8, 4) is 11.1 Å². The van der Waals surface area contributed by atoms with Crippen molar-refractivity contribution in [1.82, 2.24) is 0 Å². The van der Waals surface area contributed by atoms with Crippen LogP contribution in [0.5, 0.6) is 0 Å². The van der Waals surface area contributed by atoms with Gasteiger partial charge in [0.15, 0.2) is 0 Å². The first-order valence-electron chi connectivity index (χ1n) is 10.5. The van der Waals surface area contributed by atoms with Crippen molar-refractivity contribution < 1.29 is 4.42 Å². The fraction of sp³-hybridized carbons (Fsp3) is 0.0690. The predicted molar refractivity (Wildman–Crippen MR) is 131 cm³/mol. The zero-order chi connectivity index (χ0) is 21.1. The smallest absolute Gasteiger partial charge is 0.136 e. The number of benzene rings is 5. The molecule has 1 heterocycles. The Morgan fingerprint density at radius 1 is 0.645 bits per heavy atom. The highest BCUT2D eigenvalue weighted by atomic mass is 16.3. The molecule has 1 N–H and O–H groups in total. The molecule has 2 nitrogen and oxygen atoms in total. The normalized spacial score (nSPS) is 11.7. The Morgan fingerprint density at radius 3 is 2.06 bits per heavy atom. The molecule has 6 aromatic rings. The Bertz CT molecular complexity index is 1670. The fourth-order valence-electron chi connectivity index (χ4n) is 4.76. The molecule has 0 atom stereocenters. The summed E-state index contributed by atoms with van der Waals surface area (Å²) in [5.41, 5.74) is 6.66. The maximum atomic E-state index is 8.50. The third-order valence-electron chi connectivity index (χ3n) is 6.37. The van der Waals surface area contributed by atoms with Gasteiger partial charge in [0.05, 0.1) is 0 Å². The lowest BCUT2D eigenvalue weighted by Crippen LogP contribution is -1.98. The van der Waals surface area contributed by atoms with Gasteiger partial charge in [-0.2, -0.15) is 0 Å². The van der Waals surface area contributed by atoms with Crippen molar-refractivity contribution in [1.29, 1.82) is 5.41 Å².